The number of nitrogens with zero attached hydrogens (tertiary/aromatic N) is 3. The zero-order chi connectivity index (χ0) is 14.8. The number of anilines is 3. The second kappa shape index (κ2) is 5.23. The first-order valence-corrected chi connectivity index (χ1v) is 6.20. The molecule has 108 valence electrons. The molecule has 0 fully saturated rings. The maximum atomic E-state index is 13.7. The largest absolute Gasteiger partial charge is 0.494 e. The number of benzene rings is 1. The second-order valence-corrected chi connectivity index (χ2v) is 4.22. The highest BCUT2D eigenvalue weighted by molar-refractivity contribution is 5.86. The fourth-order valence-corrected chi connectivity index (χ4v) is 1.92. The number of halogens is 1. The number of fused-ring (bicyclic) bond motifs is 1. The number of H-pyrrole nitrogens is 1. The van der Waals surface area contributed by atoms with Gasteiger partial charge < -0.3 is 20.4 Å². The Morgan fingerprint density at radius 1 is 1.29 bits per heavy atom. The third-order valence-electron chi connectivity index (χ3n) is 2.92. The Bertz CT molecular complexity index is 787. The van der Waals surface area contributed by atoms with Crippen LogP contribution in [0.4, 0.5) is 21.8 Å². The number of nitrogens with one attached hydrogen (secondary N) is 3. The van der Waals surface area contributed by atoms with E-state index in [0.717, 1.165) is 0 Å². The summed E-state index contributed by atoms with van der Waals surface area (Å²) in [5.74, 6) is 0.662. The first-order valence-electron chi connectivity index (χ1n) is 6.20. The van der Waals surface area contributed by atoms with E-state index in [0.29, 0.717) is 28.6 Å². The summed E-state index contributed by atoms with van der Waals surface area (Å²) < 4.78 is 18.6. The lowest BCUT2D eigenvalue weighted by molar-refractivity contribution is 0.386. The maximum absolute atomic E-state index is 13.7. The minimum atomic E-state index is -0.453. The van der Waals surface area contributed by atoms with Crippen molar-refractivity contribution in [2.75, 3.05) is 24.8 Å². The third kappa shape index (κ3) is 2.42. The Morgan fingerprint density at radius 3 is 2.86 bits per heavy atom. The molecule has 0 amide bonds. The van der Waals surface area contributed by atoms with Gasteiger partial charge in [0, 0.05) is 18.8 Å². The topological polar surface area (TPSA) is 87.8 Å². The molecular formula is C13H13FN6O. The SMILES string of the molecule is CNc1nc(Nc2ccc(OC)c(F)c2)c2[nH]cnc2n1. The molecule has 3 rings (SSSR count). The summed E-state index contributed by atoms with van der Waals surface area (Å²) in [7, 11) is 3.13. The number of hydrogen-bond acceptors (Lipinski definition) is 6. The normalized spacial score (nSPS) is 10.6. The van der Waals surface area contributed by atoms with E-state index in [4.69, 9.17) is 4.74 Å². The molecule has 0 radical (unpaired) electrons. The van der Waals surface area contributed by atoms with Gasteiger partial charge in [0.15, 0.2) is 23.0 Å². The molecule has 1 aromatic carbocycles. The predicted molar refractivity (Wildman–Crippen MR) is 77.5 cm³/mol. The predicted octanol–water partition coefficient (Wildman–Crippen LogP) is 2.29. The van der Waals surface area contributed by atoms with E-state index in [2.05, 4.69) is 30.6 Å². The summed E-state index contributed by atoms with van der Waals surface area (Å²) >= 11 is 0. The molecule has 0 saturated carbocycles. The molecular weight excluding hydrogens is 275 g/mol. The highest BCUT2D eigenvalue weighted by atomic mass is 19.1. The van der Waals surface area contributed by atoms with Crippen molar-refractivity contribution in [2.24, 2.45) is 0 Å². The van der Waals surface area contributed by atoms with Gasteiger partial charge in [-0.1, -0.05) is 0 Å². The van der Waals surface area contributed by atoms with E-state index in [1.54, 1.807) is 19.2 Å². The van der Waals surface area contributed by atoms with Crippen LogP contribution in [0.3, 0.4) is 0 Å². The fraction of sp³-hybridized carbons (Fsp3) is 0.154. The Morgan fingerprint density at radius 2 is 2.14 bits per heavy atom. The number of aromatic nitrogens is 4. The lowest BCUT2D eigenvalue weighted by Crippen LogP contribution is -2.02. The van der Waals surface area contributed by atoms with Gasteiger partial charge in [-0.15, -0.1) is 0 Å². The van der Waals surface area contributed by atoms with Crippen molar-refractivity contribution >= 4 is 28.6 Å². The zero-order valence-corrected chi connectivity index (χ0v) is 11.4. The van der Waals surface area contributed by atoms with E-state index in [1.807, 2.05) is 0 Å². The fourth-order valence-electron chi connectivity index (χ4n) is 1.92. The minimum Gasteiger partial charge on any atom is -0.494 e. The van der Waals surface area contributed by atoms with Crippen LogP contribution >= 0.6 is 0 Å². The van der Waals surface area contributed by atoms with Crippen molar-refractivity contribution in [3.05, 3.63) is 30.3 Å². The molecule has 0 aliphatic heterocycles. The molecule has 0 aliphatic carbocycles. The van der Waals surface area contributed by atoms with Crippen LogP contribution in [0.25, 0.3) is 11.2 Å². The van der Waals surface area contributed by atoms with Gasteiger partial charge in [-0.25, -0.2) is 9.37 Å². The Balaban J connectivity index is 2.01. The van der Waals surface area contributed by atoms with Crippen LogP contribution in [-0.2, 0) is 0 Å². The first kappa shape index (κ1) is 13.1. The van der Waals surface area contributed by atoms with Crippen LogP contribution in [-0.4, -0.2) is 34.1 Å². The number of imidazole rings is 1. The van der Waals surface area contributed by atoms with Gasteiger partial charge in [0.2, 0.25) is 5.95 Å². The Kier molecular flexibility index (Phi) is 3.27. The molecule has 21 heavy (non-hydrogen) atoms. The van der Waals surface area contributed by atoms with Crippen molar-refractivity contribution < 1.29 is 9.13 Å². The van der Waals surface area contributed by atoms with Crippen LogP contribution in [0.1, 0.15) is 0 Å². The van der Waals surface area contributed by atoms with Crippen LogP contribution in [0.5, 0.6) is 5.75 Å². The van der Waals surface area contributed by atoms with E-state index in [9.17, 15) is 4.39 Å². The minimum absolute atomic E-state index is 0.186. The molecule has 3 N–H and O–H groups in total. The summed E-state index contributed by atoms with van der Waals surface area (Å²) in [5, 5.41) is 5.90. The highest BCUT2D eigenvalue weighted by Crippen LogP contribution is 2.26. The number of rotatable bonds is 4. The lowest BCUT2D eigenvalue weighted by Gasteiger charge is -2.09. The van der Waals surface area contributed by atoms with E-state index in [-0.39, 0.29) is 5.75 Å². The molecule has 0 unspecified atom stereocenters. The highest BCUT2D eigenvalue weighted by Gasteiger charge is 2.11. The average molecular weight is 288 g/mol. The Hall–Kier alpha value is -2.90. The van der Waals surface area contributed by atoms with Gasteiger partial charge in [-0.2, -0.15) is 9.97 Å². The van der Waals surface area contributed by atoms with Crippen LogP contribution in [0.15, 0.2) is 24.5 Å². The van der Waals surface area contributed by atoms with Crippen LogP contribution in [0, 0.1) is 5.82 Å². The molecule has 2 heterocycles. The quantitative estimate of drug-likeness (QED) is 0.682. The number of methoxy groups -OCH3 is 1. The summed E-state index contributed by atoms with van der Waals surface area (Å²) in [6, 6.07) is 4.58. The lowest BCUT2D eigenvalue weighted by atomic mass is 10.3. The van der Waals surface area contributed by atoms with Gasteiger partial charge >= 0.3 is 0 Å². The van der Waals surface area contributed by atoms with Gasteiger partial charge in [-0.3, -0.25) is 0 Å². The van der Waals surface area contributed by atoms with Crippen molar-refractivity contribution in [1.29, 1.82) is 0 Å². The first-order chi connectivity index (χ1) is 10.2. The summed E-state index contributed by atoms with van der Waals surface area (Å²) in [6.07, 6.45) is 1.53. The summed E-state index contributed by atoms with van der Waals surface area (Å²) in [4.78, 5) is 15.5. The van der Waals surface area contributed by atoms with Gasteiger partial charge in [-0.05, 0) is 12.1 Å². The maximum Gasteiger partial charge on any atom is 0.226 e. The Labute approximate surface area is 119 Å². The third-order valence-corrected chi connectivity index (χ3v) is 2.92. The zero-order valence-electron chi connectivity index (χ0n) is 11.4. The summed E-state index contributed by atoms with van der Waals surface area (Å²) in [6.45, 7) is 0. The van der Waals surface area contributed by atoms with E-state index < -0.39 is 5.82 Å². The van der Waals surface area contributed by atoms with Crippen LogP contribution in [0.2, 0.25) is 0 Å². The van der Waals surface area contributed by atoms with Gasteiger partial charge in [0.1, 0.15) is 5.52 Å². The number of hydrogen-bond donors (Lipinski definition) is 3. The average Bonchev–Trinajstić information content (AvgIpc) is 2.96. The molecule has 8 heteroatoms. The molecule has 0 atom stereocenters. The van der Waals surface area contributed by atoms with Crippen molar-refractivity contribution in [3.8, 4) is 5.75 Å². The molecule has 0 saturated heterocycles. The second-order valence-electron chi connectivity index (χ2n) is 4.22. The summed E-state index contributed by atoms with van der Waals surface area (Å²) in [5.41, 5.74) is 1.71. The standard InChI is InChI=1S/C13H13FN6O/c1-15-13-19-11-10(16-6-17-11)12(20-13)18-7-3-4-9(21-2)8(14)5-7/h3-6H,1-2H3,(H3,15,16,17,18,19,20). The monoisotopic (exact) mass is 288 g/mol. The van der Waals surface area contributed by atoms with Crippen LogP contribution < -0.4 is 15.4 Å². The van der Waals surface area contributed by atoms with Gasteiger partial charge in [0.05, 0.1) is 13.4 Å². The molecule has 0 aliphatic rings. The number of ether oxygens (including phenoxy) is 1. The molecule has 0 bridgehead atoms. The smallest absolute Gasteiger partial charge is 0.226 e. The molecule has 2 aromatic heterocycles. The van der Waals surface area contributed by atoms with Crippen molar-refractivity contribution in [3.63, 3.8) is 0 Å². The van der Waals surface area contributed by atoms with E-state index in [1.165, 1.54) is 19.5 Å². The molecule has 7 nitrogen and oxygen atoms in total. The molecule has 3 aromatic rings. The van der Waals surface area contributed by atoms with E-state index >= 15 is 0 Å². The van der Waals surface area contributed by atoms with Crippen molar-refractivity contribution in [1.82, 2.24) is 19.9 Å². The van der Waals surface area contributed by atoms with Gasteiger partial charge in [0.25, 0.3) is 0 Å². The van der Waals surface area contributed by atoms with Crippen molar-refractivity contribution in [2.45, 2.75) is 0 Å². The number of aromatic amines is 1. The molecule has 0 spiro atoms.